The molecular weight excluding hydrogens is 194 g/mol. The Labute approximate surface area is 88.4 Å². The number of hydrogen-bond acceptors (Lipinski definition) is 3. The van der Waals surface area contributed by atoms with Crippen molar-refractivity contribution < 1.29 is 4.79 Å². The maximum absolute atomic E-state index is 10.5. The molecule has 0 atom stereocenters. The predicted octanol–water partition coefficient (Wildman–Crippen LogP) is 2.75. The molecule has 0 N–H and O–H groups in total. The third-order valence-corrected chi connectivity index (χ3v) is 3.50. The number of hydrogen-bond donors (Lipinski definition) is 0. The van der Waals surface area contributed by atoms with E-state index >= 15 is 0 Å². The van der Waals surface area contributed by atoms with Crippen LogP contribution in [-0.4, -0.2) is 18.6 Å². The van der Waals surface area contributed by atoms with Gasteiger partial charge >= 0.3 is 0 Å². The van der Waals surface area contributed by atoms with Crippen molar-refractivity contribution in [2.75, 3.05) is 16.6 Å². The van der Waals surface area contributed by atoms with Gasteiger partial charge in [-0.05, 0) is 49.1 Å². The molecule has 1 saturated heterocycles. The van der Waals surface area contributed by atoms with Crippen LogP contribution in [0.4, 0.5) is 5.69 Å². The molecule has 3 heteroatoms. The highest BCUT2D eigenvalue weighted by molar-refractivity contribution is 8.00. The number of carbonyl (C=O) groups is 1. The summed E-state index contributed by atoms with van der Waals surface area (Å²) in [5.74, 6) is 1.20. The fourth-order valence-corrected chi connectivity index (χ4v) is 2.60. The third-order valence-electron chi connectivity index (χ3n) is 2.32. The summed E-state index contributed by atoms with van der Waals surface area (Å²) in [6.07, 6.45) is 3.46. The Morgan fingerprint density at radius 2 is 2.00 bits per heavy atom. The molecule has 0 saturated carbocycles. The molecule has 0 spiro atoms. The second-order valence-electron chi connectivity index (χ2n) is 3.35. The average Bonchev–Trinajstić information content (AvgIpc) is 2.30. The van der Waals surface area contributed by atoms with Crippen LogP contribution in [-0.2, 0) is 0 Å². The van der Waals surface area contributed by atoms with Crippen LogP contribution in [0.25, 0.3) is 0 Å². The number of carbonyl (C=O) groups excluding carboxylic acids is 1. The fourth-order valence-electron chi connectivity index (χ4n) is 1.52. The minimum atomic E-state index is 0.746. The van der Waals surface area contributed by atoms with E-state index in [1.54, 1.807) is 0 Å². The van der Waals surface area contributed by atoms with E-state index in [4.69, 9.17) is 0 Å². The zero-order chi connectivity index (χ0) is 9.80. The minimum Gasteiger partial charge on any atom is -0.316 e. The maximum Gasteiger partial charge on any atom is 0.150 e. The average molecular weight is 207 g/mol. The number of anilines is 1. The topological polar surface area (TPSA) is 20.3 Å². The van der Waals surface area contributed by atoms with Gasteiger partial charge in [0.1, 0.15) is 6.29 Å². The van der Waals surface area contributed by atoms with E-state index < -0.39 is 0 Å². The van der Waals surface area contributed by atoms with Gasteiger partial charge in [0, 0.05) is 23.5 Å². The Morgan fingerprint density at radius 3 is 2.57 bits per heavy atom. The van der Waals surface area contributed by atoms with Crippen LogP contribution in [0.15, 0.2) is 24.3 Å². The molecule has 0 unspecified atom stereocenters. The maximum atomic E-state index is 10.5. The predicted molar refractivity (Wildman–Crippen MR) is 60.9 cm³/mol. The van der Waals surface area contributed by atoms with Gasteiger partial charge in [0.25, 0.3) is 0 Å². The summed E-state index contributed by atoms with van der Waals surface area (Å²) in [7, 11) is 0. The van der Waals surface area contributed by atoms with Crippen LogP contribution in [0.1, 0.15) is 23.2 Å². The largest absolute Gasteiger partial charge is 0.316 e. The van der Waals surface area contributed by atoms with E-state index in [2.05, 4.69) is 4.31 Å². The second kappa shape index (κ2) is 4.51. The lowest BCUT2D eigenvalue weighted by Crippen LogP contribution is -2.20. The van der Waals surface area contributed by atoms with Gasteiger partial charge in [-0.3, -0.25) is 4.79 Å². The molecule has 14 heavy (non-hydrogen) atoms. The Kier molecular flexibility index (Phi) is 3.09. The van der Waals surface area contributed by atoms with Gasteiger partial charge < -0.3 is 4.31 Å². The molecule has 1 aromatic rings. The summed E-state index contributed by atoms with van der Waals surface area (Å²) in [6.45, 7) is 1.12. The number of nitrogens with zero attached hydrogens (tertiary/aromatic N) is 1. The van der Waals surface area contributed by atoms with Crippen molar-refractivity contribution in [3.05, 3.63) is 29.8 Å². The monoisotopic (exact) mass is 207 g/mol. The first kappa shape index (κ1) is 9.59. The number of aldehydes is 1. The molecule has 2 rings (SSSR count). The van der Waals surface area contributed by atoms with Crippen LogP contribution >= 0.6 is 11.9 Å². The Bertz CT molecular complexity index is 304. The molecule has 1 heterocycles. The Balaban J connectivity index is 2.11. The fraction of sp³-hybridized carbons (Fsp3) is 0.364. The van der Waals surface area contributed by atoms with Crippen molar-refractivity contribution in [2.45, 2.75) is 12.8 Å². The van der Waals surface area contributed by atoms with Gasteiger partial charge in [-0.15, -0.1) is 0 Å². The normalized spacial score (nSPS) is 16.7. The quantitative estimate of drug-likeness (QED) is 0.549. The van der Waals surface area contributed by atoms with Crippen molar-refractivity contribution in [3.63, 3.8) is 0 Å². The van der Waals surface area contributed by atoms with E-state index in [0.717, 1.165) is 18.4 Å². The Hall–Kier alpha value is -0.960. The van der Waals surface area contributed by atoms with E-state index in [1.807, 2.05) is 36.2 Å². The number of benzene rings is 1. The SMILES string of the molecule is O=Cc1ccc(N2CCCCS2)cc1. The molecular formula is C11H13NOS. The highest BCUT2D eigenvalue weighted by Gasteiger charge is 2.11. The van der Waals surface area contributed by atoms with Gasteiger partial charge in [0.15, 0.2) is 0 Å². The van der Waals surface area contributed by atoms with Crippen LogP contribution in [0.3, 0.4) is 0 Å². The summed E-state index contributed by atoms with van der Waals surface area (Å²) < 4.78 is 2.30. The van der Waals surface area contributed by atoms with E-state index in [0.29, 0.717) is 0 Å². The molecule has 1 aliphatic rings. The van der Waals surface area contributed by atoms with Gasteiger partial charge in [0.2, 0.25) is 0 Å². The molecule has 0 aliphatic carbocycles. The Morgan fingerprint density at radius 1 is 1.21 bits per heavy atom. The highest BCUT2D eigenvalue weighted by atomic mass is 32.2. The van der Waals surface area contributed by atoms with E-state index in [9.17, 15) is 4.79 Å². The summed E-state index contributed by atoms with van der Waals surface area (Å²) in [4.78, 5) is 10.5. The molecule has 2 nitrogen and oxygen atoms in total. The van der Waals surface area contributed by atoms with E-state index in [-0.39, 0.29) is 0 Å². The first-order valence-electron chi connectivity index (χ1n) is 4.86. The molecule has 1 aromatic carbocycles. The van der Waals surface area contributed by atoms with E-state index in [1.165, 1.54) is 24.3 Å². The third kappa shape index (κ3) is 2.10. The summed E-state index contributed by atoms with van der Waals surface area (Å²) in [5, 5.41) is 0. The molecule has 0 radical (unpaired) electrons. The number of rotatable bonds is 2. The first-order chi connectivity index (χ1) is 6.90. The second-order valence-corrected chi connectivity index (χ2v) is 4.46. The van der Waals surface area contributed by atoms with Gasteiger partial charge in [-0.1, -0.05) is 0 Å². The van der Waals surface area contributed by atoms with Gasteiger partial charge in [-0.25, -0.2) is 0 Å². The van der Waals surface area contributed by atoms with Crippen LogP contribution in [0.5, 0.6) is 0 Å². The molecule has 0 aromatic heterocycles. The van der Waals surface area contributed by atoms with Crippen molar-refractivity contribution in [1.82, 2.24) is 0 Å². The molecule has 0 bridgehead atoms. The van der Waals surface area contributed by atoms with Crippen molar-refractivity contribution in [3.8, 4) is 0 Å². The van der Waals surface area contributed by atoms with Crippen LogP contribution in [0.2, 0.25) is 0 Å². The molecule has 0 amide bonds. The lowest BCUT2D eigenvalue weighted by molar-refractivity contribution is 0.112. The van der Waals surface area contributed by atoms with Gasteiger partial charge in [-0.2, -0.15) is 0 Å². The molecule has 1 fully saturated rings. The van der Waals surface area contributed by atoms with Crippen molar-refractivity contribution in [2.24, 2.45) is 0 Å². The lowest BCUT2D eigenvalue weighted by Gasteiger charge is -2.27. The molecule has 74 valence electrons. The smallest absolute Gasteiger partial charge is 0.150 e. The van der Waals surface area contributed by atoms with Crippen molar-refractivity contribution >= 4 is 23.9 Å². The van der Waals surface area contributed by atoms with Gasteiger partial charge in [0.05, 0.1) is 0 Å². The zero-order valence-corrected chi connectivity index (χ0v) is 8.80. The molecule has 1 aliphatic heterocycles. The van der Waals surface area contributed by atoms with Crippen molar-refractivity contribution in [1.29, 1.82) is 0 Å². The highest BCUT2D eigenvalue weighted by Crippen LogP contribution is 2.27. The summed E-state index contributed by atoms with van der Waals surface area (Å²) in [6, 6.07) is 7.78. The summed E-state index contributed by atoms with van der Waals surface area (Å²) in [5.41, 5.74) is 1.95. The van der Waals surface area contributed by atoms with Crippen LogP contribution in [0, 0.1) is 0 Å². The minimum absolute atomic E-state index is 0.746. The standard InChI is InChI=1S/C11H13NOS/c13-9-10-3-5-11(6-4-10)12-7-1-2-8-14-12/h3-6,9H,1-2,7-8H2. The lowest BCUT2D eigenvalue weighted by atomic mass is 10.2. The zero-order valence-electron chi connectivity index (χ0n) is 7.98. The van der Waals surface area contributed by atoms with Crippen LogP contribution < -0.4 is 4.31 Å². The first-order valence-corrected chi connectivity index (χ1v) is 5.80. The summed E-state index contributed by atoms with van der Waals surface area (Å²) >= 11 is 1.87.